The molecular formula is C17H20FN5O3. The lowest BCUT2D eigenvalue weighted by atomic mass is 10.2. The van der Waals surface area contributed by atoms with Gasteiger partial charge in [0.15, 0.2) is 11.2 Å². The van der Waals surface area contributed by atoms with Crippen LogP contribution in [0.3, 0.4) is 0 Å². The summed E-state index contributed by atoms with van der Waals surface area (Å²) in [6, 6.07) is 6.01. The summed E-state index contributed by atoms with van der Waals surface area (Å²) < 4.78 is 17.7. The first kappa shape index (κ1) is 17.9. The largest absolute Gasteiger partial charge is 0.392 e. The number of fused-ring (bicyclic) bond motifs is 1. The van der Waals surface area contributed by atoms with Crippen molar-refractivity contribution in [3.05, 3.63) is 56.5 Å². The van der Waals surface area contributed by atoms with E-state index in [0.29, 0.717) is 5.95 Å². The quantitative estimate of drug-likeness (QED) is 0.687. The van der Waals surface area contributed by atoms with E-state index in [9.17, 15) is 19.1 Å². The zero-order valence-electron chi connectivity index (χ0n) is 14.7. The van der Waals surface area contributed by atoms with E-state index in [-0.39, 0.29) is 29.8 Å². The number of anilines is 1. The Bertz CT molecular complexity index is 1080. The van der Waals surface area contributed by atoms with E-state index in [1.165, 1.54) is 28.3 Å². The van der Waals surface area contributed by atoms with Gasteiger partial charge in [-0.3, -0.25) is 13.9 Å². The standard InChI is InChI=1S/C17H20FN5O3/c1-10(24)8-19-16-20-14-13(21(16)2)15(25)23(17(26)22(14)3)9-11-6-4-5-7-12(11)18/h4-7,10,24H,8-9H2,1-3H3,(H,19,20). The molecule has 0 spiro atoms. The Kier molecular flexibility index (Phi) is 4.64. The molecule has 9 heteroatoms. The first-order valence-electron chi connectivity index (χ1n) is 8.12. The van der Waals surface area contributed by atoms with Crippen LogP contribution in [0.25, 0.3) is 11.2 Å². The van der Waals surface area contributed by atoms with Crippen LogP contribution in [0.2, 0.25) is 0 Å². The summed E-state index contributed by atoms with van der Waals surface area (Å²) >= 11 is 0. The van der Waals surface area contributed by atoms with Crippen molar-refractivity contribution in [3.8, 4) is 0 Å². The SMILES string of the molecule is CC(O)CNc1nc2c(c(=O)n(Cc3ccccc3F)c(=O)n2C)n1C. The predicted octanol–water partition coefficient (Wildman–Crippen LogP) is 0.414. The van der Waals surface area contributed by atoms with Gasteiger partial charge in [0.25, 0.3) is 5.56 Å². The molecule has 0 aliphatic heterocycles. The monoisotopic (exact) mass is 361 g/mol. The molecule has 1 aromatic carbocycles. The molecule has 0 bridgehead atoms. The highest BCUT2D eigenvalue weighted by atomic mass is 19.1. The summed E-state index contributed by atoms with van der Waals surface area (Å²) in [5.74, 6) is -0.123. The Hall–Kier alpha value is -2.94. The van der Waals surface area contributed by atoms with Crippen LogP contribution in [0.5, 0.6) is 0 Å². The van der Waals surface area contributed by atoms with E-state index in [0.717, 1.165) is 4.57 Å². The van der Waals surface area contributed by atoms with Gasteiger partial charge in [-0.2, -0.15) is 4.98 Å². The van der Waals surface area contributed by atoms with Gasteiger partial charge in [-0.25, -0.2) is 9.18 Å². The Morgan fingerprint density at radius 1 is 1.23 bits per heavy atom. The van der Waals surface area contributed by atoms with Crippen LogP contribution >= 0.6 is 0 Å². The van der Waals surface area contributed by atoms with Crippen LogP contribution < -0.4 is 16.6 Å². The second-order valence-corrected chi connectivity index (χ2v) is 6.22. The lowest BCUT2D eigenvalue weighted by molar-refractivity contribution is 0.208. The summed E-state index contributed by atoms with van der Waals surface area (Å²) in [6.45, 7) is 1.69. The van der Waals surface area contributed by atoms with E-state index in [2.05, 4.69) is 10.3 Å². The van der Waals surface area contributed by atoms with Crippen molar-refractivity contribution >= 4 is 17.1 Å². The van der Waals surface area contributed by atoms with Gasteiger partial charge in [-0.05, 0) is 13.0 Å². The lowest BCUT2D eigenvalue weighted by Crippen LogP contribution is -2.40. The van der Waals surface area contributed by atoms with E-state index in [1.54, 1.807) is 26.1 Å². The maximum Gasteiger partial charge on any atom is 0.332 e. The molecule has 0 fully saturated rings. The first-order chi connectivity index (χ1) is 12.3. The van der Waals surface area contributed by atoms with Gasteiger partial charge in [-0.15, -0.1) is 0 Å². The fourth-order valence-electron chi connectivity index (χ4n) is 2.78. The number of benzene rings is 1. The number of hydrogen-bond donors (Lipinski definition) is 2. The second kappa shape index (κ2) is 6.75. The lowest BCUT2D eigenvalue weighted by Gasteiger charge is -2.09. The fourth-order valence-corrected chi connectivity index (χ4v) is 2.78. The van der Waals surface area contributed by atoms with Gasteiger partial charge in [0.05, 0.1) is 12.6 Å². The maximum absolute atomic E-state index is 13.9. The third-order valence-electron chi connectivity index (χ3n) is 4.20. The number of nitrogens with one attached hydrogen (secondary N) is 1. The summed E-state index contributed by atoms with van der Waals surface area (Å²) in [5.41, 5.74) is -0.435. The van der Waals surface area contributed by atoms with Crippen molar-refractivity contribution in [2.75, 3.05) is 11.9 Å². The molecule has 0 aliphatic carbocycles. The molecule has 0 aliphatic rings. The molecule has 1 atom stereocenters. The summed E-state index contributed by atoms with van der Waals surface area (Å²) in [4.78, 5) is 29.8. The smallest absolute Gasteiger partial charge is 0.332 e. The summed E-state index contributed by atoms with van der Waals surface area (Å²) in [6.07, 6.45) is -0.601. The van der Waals surface area contributed by atoms with Gasteiger partial charge >= 0.3 is 5.69 Å². The van der Waals surface area contributed by atoms with Crippen molar-refractivity contribution in [1.29, 1.82) is 0 Å². The molecule has 0 saturated carbocycles. The molecule has 1 unspecified atom stereocenters. The molecule has 2 N–H and O–H groups in total. The summed E-state index contributed by atoms with van der Waals surface area (Å²) in [7, 11) is 3.15. The van der Waals surface area contributed by atoms with Crippen LogP contribution in [0, 0.1) is 5.82 Å². The van der Waals surface area contributed by atoms with Crippen molar-refractivity contribution in [1.82, 2.24) is 18.7 Å². The zero-order chi connectivity index (χ0) is 19.0. The fraction of sp³-hybridized carbons (Fsp3) is 0.353. The molecule has 0 saturated heterocycles. The predicted molar refractivity (Wildman–Crippen MR) is 95.9 cm³/mol. The molecule has 8 nitrogen and oxygen atoms in total. The molecule has 3 aromatic rings. The molecule has 2 aromatic heterocycles. The van der Waals surface area contributed by atoms with Crippen LogP contribution in [-0.4, -0.2) is 36.4 Å². The number of aliphatic hydroxyl groups excluding tert-OH is 1. The number of aryl methyl sites for hydroxylation is 2. The highest BCUT2D eigenvalue weighted by molar-refractivity contribution is 5.74. The number of aromatic nitrogens is 4. The molecule has 2 heterocycles. The third-order valence-corrected chi connectivity index (χ3v) is 4.20. The zero-order valence-corrected chi connectivity index (χ0v) is 14.7. The second-order valence-electron chi connectivity index (χ2n) is 6.22. The normalized spacial score (nSPS) is 12.5. The molecule has 0 radical (unpaired) electrons. The van der Waals surface area contributed by atoms with E-state index >= 15 is 0 Å². The van der Waals surface area contributed by atoms with Gasteiger partial charge in [-0.1, -0.05) is 18.2 Å². The highest BCUT2D eigenvalue weighted by Gasteiger charge is 2.19. The Morgan fingerprint density at radius 3 is 2.58 bits per heavy atom. The average Bonchev–Trinajstić information content (AvgIpc) is 2.93. The Morgan fingerprint density at radius 2 is 1.92 bits per heavy atom. The number of aliphatic hydroxyl groups is 1. The van der Waals surface area contributed by atoms with Crippen molar-refractivity contribution in [2.24, 2.45) is 14.1 Å². The Balaban J connectivity index is 2.17. The average molecular weight is 361 g/mol. The van der Waals surface area contributed by atoms with Gasteiger partial charge in [0.2, 0.25) is 5.95 Å². The van der Waals surface area contributed by atoms with Gasteiger partial charge in [0, 0.05) is 26.2 Å². The van der Waals surface area contributed by atoms with Crippen molar-refractivity contribution < 1.29 is 9.50 Å². The number of nitrogens with zero attached hydrogens (tertiary/aromatic N) is 4. The molecular weight excluding hydrogens is 341 g/mol. The number of rotatable bonds is 5. The van der Waals surface area contributed by atoms with Gasteiger partial charge in [0.1, 0.15) is 5.82 Å². The number of hydrogen-bond acceptors (Lipinski definition) is 5. The molecule has 26 heavy (non-hydrogen) atoms. The Labute approximate surface area is 148 Å². The third kappa shape index (κ3) is 3.01. The number of imidazole rings is 1. The van der Waals surface area contributed by atoms with Crippen LogP contribution in [0.15, 0.2) is 33.9 Å². The van der Waals surface area contributed by atoms with E-state index < -0.39 is 23.2 Å². The maximum atomic E-state index is 13.9. The van der Waals surface area contributed by atoms with E-state index in [1.807, 2.05) is 0 Å². The molecule has 138 valence electrons. The minimum absolute atomic E-state index is 0.171. The number of halogens is 1. The topological polar surface area (TPSA) is 94.1 Å². The van der Waals surface area contributed by atoms with Crippen molar-refractivity contribution in [2.45, 2.75) is 19.6 Å². The van der Waals surface area contributed by atoms with Crippen LogP contribution in [0.1, 0.15) is 12.5 Å². The minimum Gasteiger partial charge on any atom is -0.392 e. The van der Waals surface area contributed by atoms with E-state index in [4.69, 9.17) is 0 Å². The minimum atomic E-state index is -0.601. The highest BCUT2D eigenvalue weighted by Crippen LogP contribution is 2.14. The van der Waals surface area contributed by atoms with Crippen molar-refractivity contribution in [3.63, 3.8) is 0 Å². The first-order valence-corrected chi connectivity index (χ1v) is 8.12. The van der Waals surface area contributed by atoms with Gasteiger partial charge < -0.3 is 15.0 Å². The van der Waals surface area contributed by atoms with Crippen LogP contribution in [0.4, 0.5) is 10.3 Å². The van der Waals surface area contributed by atoms with Crippen LogP contribution in [-0.2, 0) is 20.6 Å². The molecule has 0 amide bonds. The summed E-state index contributed by atoms with van der Waals surface area (Å²) in [5, 5.41) is 12.3. The molecule has 3 rings (SSSR count).